The highest BCUT2D eigenvalue weighted by atomic mass is 16.5. The first kappa shape index (κ1) is 11.4. The van der Waals surface area contributed by atoms with Gasteiger partial charge in [0.15, 0.2) is 0 Å². The number of anilines is 1. The van der Waals surface area contributed by atoms with E-state index in [9.17, 15) is 0 Å². The molecule has 0 radical (unpaired) electrons. The Kier molecular flexibility index (Phi) is 3.59. The number of hydrogen-bond donors (Lipinski definition) is 1. The van der Waals surface area contributed by atoms with Crippen LogP contribution >= 0.6 is 0 Å². The zero-order chi connectivity index (χ0) is 12.1. The number of benzene rings is 1. The van der Waals surface area contributed by atoms with Crippen LogP contribution in [0.1, 0.15) is 12.6 Å². The third-order valence-electron chi connectivity index (χ3n) is 2.29. The van der Waals surface area contributed by atoms with E-state index in [1.807, 2.05) is 44.4 Å². The van der Waals surface area contributed by atoms with Gasteiger partial charge < -0.3 is 10.1 Å². The van der Waals surface area contributed by atoms with E-state index in [1.54, 1.807) is 4.68 Å². The minimum atomic E-state index is 0.668. The number of aryl methyl sites for hydroxylation is 1. The van der Waals surface area contributed by atoms with Gasteiger partial charge in [0.2, 0.25) is 0 Å². The zero-order valence-corrected chi connectivity index (χ0v) is 10.1. The number of nitrogens with zero attached hydrogens (tertiary/aromatic N) is 3. The molecule has 0 saturated heterocycles. The monoisotopic (exact) mass is 232 g/mol. The second kappa shape index (κ2) is 5.34. The van der Waals surface area contributed by atoms with Crippen molar-refractivity contribution in [2.75, 3.05) is 11.9 Å². The summed E-state index contributed by atoms with van der Waals surface area (Å²) in [5, 5.41) is 11.1. The third-order valence-corrected chi connectivity index (χ3v) is 2.29. The molecular formula is C12H16N4O. The molecule has 0 saturated carbocycles. The van der Waals surface area contributed by atoms with Gasteiger partial charge in [-0.3, -0.25) is 4.68 Å². The molecule has 0 atom stereocenters. The van der Waals surface area contributed by atoms with E-state index in [0.29, 0.717) is 13.2 Å². The Hall–Kier alpha value is -2.04. The van der Waals surface area contributed by atoms with Crippen LogP contribution in [0.4, 0.5) is 5.69 Å². The number of aromatic nitrogens is 3. The van der Waals surface area contributed by atoms with Crippen LogP contribution in [0.5, 0.6) is 5.75 Å². The zero-order valence-electron chi connectivity index (χ0n) is 10.1. The molecule has 0 aliphatic rings. The van der Waals surface area contributed by atoms with Crippen LogP contribution in [-0.4, -0.2) is 21.6 Å². The molecule has 0 amide bonds. The van der Waals surface area contributed by atoms with E-state index in [4.69, 9.17) is 4.74 Å². The molecule has 0 aliphatic carbocycles. The van der Waals surface area contributed by atoms with Gasteiger partial charge in [0.1, 0.15) is 11.4 Å². The van der Waals surface area contributed by atoms with E-state index in [-0.39, 0.29) is 0 Å². The topological polar surface area (TPSA) is 52.0 Å². The molecule has 17 heavy (non-hydrogen) atoms. The summed E-state index contributed by atoms with van der Waals surface area (Å²) in [6.45, 7) is 3.33. The van der Waals surface area contributed by atoms with Crippen molar-refractivity contribution < 1.29 is 4.74 Å². The average Bonchev–Trinajstić information content (AvgIpc) is 2.75. The van der Waals surface area contributed by atoms with Gasteiger partial charge in [-0.2, -0.15) is 0 Å². The largest absolute Gasteiger partial charge is 0.494 e. The Morgan fingerprint density at radius 2 is 2.06 bits per heavy atom. The molecule has 90 valence electrons. The van der Waals surface area contributed by atoms with Gasteiger partial charge >= 0.3 is 0 Å². The molecule has 0 fully saturated rings. The molecule has 1 heterocycles. The summed E-state index contributed by atoms with van der Waals surface area (Å²) in [7, 11) is 1.85. The van der Waals surface area contributed by atoms with E-state index in [2.05, 4.69) is 15.6 Å². The molecule has 2 aromatic rings. The van der Waals surface area contributed by atoms with Crippen molar-refractivity contribution in [3.63, 3.8) is 0 Å². The van der Waals surface area contributed by atoms with Crippen LogP contribution < -0.4 is 10.1 Å². The van der Waals surface area contributed by atoms with Gasteiger partial charge in [0.25, 0.3) is 0 Å². The van der Waals surface area contributed by atoms with Crippen molar-refractivity contribution in [3.8, 4) is 5.75 Å². The second-order valence-corrected chi connectivity index (χ2v) is 3.69. The molecule has 0 spiro atoms. The lowest BCUT2D eigenvalue weighted by atomic mass is 10.3. The van der Waals surface area contributed by atoms with E-state index in [0.717, 1.165) is 17.1 Å². The minimum Gasteiger partial charge on any atom is -0.494 e. The van der Waals surface area contributed by atoms with Gasteiger partial charge in [-0.25, -0.2) is 0 Å². The van der Waals surface area contributed by atoms with Crippen LogP contribution in [-0.2, 0) is 13.6 Å². The summed E-state index contributed by atoms with van der Waals surface area (Å²) < 4.78 is 7.06. The van der Waals surface area contributed by atoms with Gasteiger partial charge in [-0.1, -0.05) is 5.21 Å². The van der Waals surface area contributed by atoms with Crippen LogP contribution in [0, 0.1) is 0 Å². The first-order valence-electron chi connectivity index (χ1n) is 5.60. The normalized spacial score (nSPS) is 10.2. The Morgan fingerprint density at radius 1 is 1.29 bits per heavy atom. The smallest absolute Gasteiger partial charge is 0.119 e. The van der Waals surface area contributed by atoms with Gasteiger partial charge in [-0.15, -0.1) is 5.10 Å². The Labute approximate surface area is 100 Å². The third kappa shape index (κ3) is 3.21. The molecule has 1 N–H and O–H groups in total. The second-order valence-electron chi connectivity index (χ2n) is 3.69. The maximum atomic E-state index is 5.37. The van der Waals surface area contributed by atoms with Crippen molar-refractivity contribution in [1.82, 2.24) is 15.0 Å². The summed E-state index contributed by atoms with van der Waals surface area (Å²) in [5.41, 5.74) is 1.96. The van der Waals surface area contributed by atoms with Crippen molar-refractivity contribution in [2.24, 2.45) is 7.05 Å². The summed E-state index contributed by atoms with van der Waals surface area (Å²) in [6.07, 6.45) is 1.89. The van der Waals surface area contributed by atoms with E-state index in [1.165, 1.54) is 0 Å². The molecule has 0 aliphatic heterocycles. The number of nitrogens with one attached hydrogen (secondary N) is 1. The summed E-state index contributed by atoms with van der Waals surface area (Å²) in [4.78, 5) is 0. The molecule has 5 nitrogen and oxygen atoms in total. The lowest BCUT2D eigenvalue weighted by Gasteiger charge is -2.06. The van der Waals surface area contributed by atoms with Crippen LogP contribution in [0.15, 0.2) is 30.5 Å². The average molecular weight is 232 g/mol. The van der Waals surface area contributed by atoms with Crippen LogP contribution in [0.2, 0.25) is 0 Å². The predicted octanol–water partition coefficient (Wildman–Crippen LogP) is 1.83. The van der Waals surface area contributed by atoms with Crippen LogP contribution in [0.25, 0.3) is 0 Å². The molecule has 1 aromatic carbocycles. The van der Waals surface area contributed by atoms with Crippen molar-refractivity contribution >= 4 is 5.69 Å². The maximum Gasteiger partial charge on any atom is 0.119 e. The highest BCUT2D eigenvalue weighted by molar-refractivity contribution is 5.46. The first-order valence-corrected chi connectivity index (χ1v) is 5.60. The number of ether oxygens (including phenoxy) is 1. The van der Waals surface area contributed by atoms with Gasteiger partial charge in [-0.05, 0) is 31.2 Å². The van der Waals surface area contributed by atoms with Gasteiger partial charge in [0, 0.05) is 18.9 Å². The molecular weight excluding hydrogens is 216 g/mol. The van der Waals surface area contributed by atoms with E-state index >= 15 is 0 Å². The van der Waals surface area contributed by atoms with Crippen LogP contribution in [0.3, 0.4) is 0 Å². The number of rotatable bonds is 5. The SMILES string of the molecule is CCOc1ccc(NCc2cn(C)nn2)cc1. The fraction of sp³-hybridized carbons (Fsp3) is 0.333. The highest BCUT2D eigenvalue weighted by Gasteiger charge is 1.98. The molecule has 1 aromatic heterocycles. The lowest BCUT2D eigenvalue weighted by Crippen LogP contribution is -1.99. The molecule has 0 bridgehead atoms. The molecule has 0 unspecified atom stereocenters. The highest BCUT2D eigenvalue weighted by Crippen LogP contribution is 2.15. The Balaban J connectivity index is 1.90. The van der Waals surface area contributed by atoms with E-state index < -0.39 is 0 Å². The lowest BCUT2D eigenvalue weighted by molar-refractivity contribution is 0.340. The summed E-state index contributed by atoms with van der Waals surface area (Å²) >= 11 is 0. The minimum absolute atomic E-state index is 0.668. The Morgan fingerprint density at radius 3 is 2.65 bits per heavy atom. The fourth-order valence-electron chi connectivity index (χ4n) is 1.50. The van der Waals surface area contributed by atoms with Gasteiger partial charge in [0.05, 0.1) is 13.2 Å². The van der Waals surface area contributed by atoms with Crippen molar-refractivity contribution in [2.45, 2.75) is 13.5 Å². The van der Waals surface area contributed by atoms with Crippen molar-refractivity contribution in [1.29, 1.82) is 0 Å². The first-order chi connectivity index (χ1) is 8.28. The predicted molar refractivity (Wildman–Crippen MR) is 65.9 cm³/mol. The Bertz CT molecular complexity index is 464. The summed E-state index contributed by atoms with van der Waals surface area (Å²) in [6, 6.07) is 7.87. The fourth-order valence-corrected chi connectivity index (χ4v) is 1.50. The molecule has 2 rings (SSSR count). The summed E-state index contributed by atoms with van der Waals surface area (Å²) in [5.74, 6) is 0.887. The quantitative estimate of drug-likeness (QED) is 0.854. The standard InChI is InChI=1S/C12H16N4O/c1-3-17-12-6-4-10(5-7-12)13-8-11-9-16(2)15-14-11/h4-7,9,13H,3,8H2,1-2H3. The van der Waals surface area contributed by atoms with Crippen molar-refractivity contribution in [3.05, 3.63) is 36.2 Å². The molecule has 5 heteroatoms. The maximum absolute atomic E-state index is 5.37. The number of hydrogen-bond acceptors (Lipinski definition) is 4.